The van der Waals surface area contributed by atoms with Gasteiger partial charge in [-0.1, -0.05) is 25.3 Å². The summed E-state index contributed by atoms with van der Waals surface area (Å²) in [5.41, 5.74) is -0.550. The first kappa shape index (κ1) is 10.6. The standard InChI is InChI=1S/C7H12N2O3/c1-5(2)4-9(12)8-6(3)7(10)11/h5H,3-4H2,1-2H3,(H,10,11)/p-1. The Bertz CT molecular complexity index is 221. The normalized spacial score (nSPS) is 11.8. The van der Waals surface area contributed by atoms with Crippen LogP contribution in [0.25, 0.3) is 0 Å². The highest BCUT2D eigenvalue weighted by Crippen LogP contribution is 1.96. The molecule has 0 rings (SSSR count). The fraction of sp³-hybridized carbons (Fsp3) is 0.571. The number of carbonyl (C=O) groups excluding carboxylic acids is 1. The molecule has 0 bridgehead atoms. The third-order valence-corrected chi connectivity index (χ3v) is 0.989. The third-order valence-electron chi connectivity index (χ3n) is 0.989. The lowest BCUT2D eigenvalue weighted by Crippen LogP contribution is -2.24. The number of carboxylic acid groups (broad SMARTS) is 1. The highest BCUT2D eigenvalue weighted by atomic mass is 16.5. The van der Waals surface area contributed by atoms with Crippen LogP contribution in [0.3, 0.4) is 0 Å². The minimum absolute atomic E-state index is 0.126. The lowest BCUT2D eigenvalue weighted by atomic mass is 10.2. The van der Waals surface area contributed by atoms with E-state index in [0.29, 0.717) is 4.86 Å². The minimum Gasteiger partial charge on any atom is -0.600 e. The number of azo groups is 1. The maximum absolute atomic E-state index is 10.8. The van der Waals surface area contributed by atoms with Gasteiger partial charge in [0.1, 0.15) is 5.70 Å². The Hall–Kier alpha value is -1.39. The van der Waals surface area contributed by atoms with Gasteiger partial charge in [0.25, 0.3) is 0 Å². The maximum Gasteiger partial charge on any atom is 0.183 e. The van der Waals surface area contributed by atoms with E-state index in [2.05, 4.69) is 11.7 Å². The fourth-order valence-corrected chi connectivity index (χ4v) is 0.529. The second kappa shape index (κ2) is 4.48. The Morgan fingerprint density at radius 2 is 2.17 bits per heavy atom. The van der Waals surface area contributed by atoms with Gasteiger partial charge in [-0.25, -0.2) is 0 Å². The summed E-state index contributed by atoms with van der Waals surface area (Å²) in [6, 6.07) is 0. The van der Waals surface area contributed by atoms with Gasteiger partial charge in [0, 0.05) is 11.0 Å². The molecule has 0 N–H and O–H groups in total. The van der Waals surface area contributed by atoms with Crippen LogP contribution in [0.1, 0.15) is 13.8 Å². The summed E-state index contributed by atoms with van der Waals surface area (Å²) in [6.45, 7) is 6.82. The highest BCUT2D eigenvalue weighted by Gasteiger charge is 2.02. The summed E-state index contributed by atoms with van der Waals surface area (Å²) in [7, 11) is 0. The first-order valence-electron chi connectivity index (χ1n) is 3.50. The number of hydrogen-bond donors (Lipinski definition) is 0. The molecule has 0 radical (unpaired) electrons. The second-order valence-corrected chi connectivity index (χ2v) is 2.76. The van der Waals surface area contributed by atoms with Gasteiger partial charge in [-0.15, -0.1) is 0 Å². The van der Waals surface area contributed by atoms with Crippen LogP contribution in [-0.2, 0) is 4.79 Å². The zero-order valence-corrected chi connectivity index (χ0v) is 7.11. The molecule has 0 amide bonds. The van der Waals surface area contributed by atoms with Crippen molar-refractivity contribution in [2.24, 2.45) is 11.0 Å². The van der Waals surface area contributed by atoms with E-state index < -0.39 is 11.7 Å². The zero-order chi connectivity index (χ0) is 9.72. The lowest BCUT2D eigenvalue weighted by molar-refractivity contribution is -0.533. The van der Waals surface area contributed by atoms with E-state index in [1.54, 1.807) is 0 Å². The average molecular weight is 171 g/mol. The molecule has 0 fully saturated rings. The van der Waals surface area contributed by atoms with Crippen molar-refractivity contribution < 1.29 is 14.8 Å². The summed E-state index contributed by atoms with van der Waals surface area (Å²) in [5, 5.41) is 24.0. The molecule has 68 valence electrons. The molecule has 0 aromatic carbocycles. The van der Waals surface area contributed by atoms with Crippen LogP contribution < -0.4 is 5.11 Å². The molecule has 0 aromatic rings. The number of aliphatic carboxylic acids is 1. The molecule has 5 heteroatoms. The van der Waals surface area contributed by atoms with Crippen molar-refractivity contribution in [2.75, 3.05) is 6.54 Å². The number of rotatable bonds is 4. The van der Waals surface area contributed by atoms with Crippen LogP contribution in [-0.4, -0.2) is 17.4 Å². The number of hydrogen-bond acceptors (Lipinski definition) is 4. The molecule has 0 heterocycles. The number of carbonyl (C=O) groups is 1. The molecule has 0 aliphatic rings. The molecular formula is C7H11N2O3-. The van der Waals surface area contributed by atoms with Crippen molar-refractivity contribution in [1.29, 1.82) is 0 Å². The van der Waals surface area contributed by atoms with E-state index in [-0.39, 0.29) is 12.5 Å². The van der Waals surface area contributed by atoms with E-state index in [9.17, 15) is 15.1 Å². The van der Waals surface area contributed by atoms with E-state index in [0.717, 1.165) is 0 Å². The fourth-order valence-electron chi connectivity index (χ4n) is 0.529. The van der Waals surface area contributed by atoms with Gasteiger partial charge in [-0.3, -0.25) is 0 Å². The summed E-state index contributed by atoms with van der Waals surface area (Å²) < 4.78 is 0. The summed E-state index contributed by atoms with van der Waals surface area (Å²) in [5.74, 6) is -1.40. The van der Waals surface area contributed by atoms with Crippen molar-refractivity contribution in [3.05, 3.63) is 17.5 Å². The number of hydroxylamine groups is 1. The third kappa shape index (κ3) is 4.43. The molecular weight excluding hydrogens is 160 g/mol. The second-order valence-electron chi connectivity index (χ2n) is 2.76. The Morgan fingerprint density at radius 3 is 2.50 bits per heavy atom. The SMILES string of the molecule is C=C(N=[N+]([O-])CC(C)C)C(=O)[O-]. The quantitative estimate of drug-likeness (QED) is 0.256. The summed E-state index contributed by atoms with van der Waals surface area (Å²) in [6.07, 6.45) is 0. The number of nitrogens with zero attached hydrogens (tertiary/aromatic N) is 2. The van der Waals surface area contributed by atoms with E-state index in [4.69, 9.17) is 0 Å². The predicted octanol–water partition coefficient (Wildman–Crippen LogP) is -0.132. The molecule has 0 saturated heterocycles. The molecule has 0 aliphatic carbocycles. The molecule has 12 heavy (non-hydrogen) atoms. The largest absolute Gasteiger partial charge is 0.600 e. The van der Waals surface area contributed by atoms with Gasteiger partial charge in [0.05, 0.1) is 5.97 Å². The molecule has 5 nitrogen and oxygen atoms in total. The Morgan fingerprint density at radius 1 is 1.67 bits per heavy atom. The molecule has 0 saturated carbocycles. The van der Waals surface area contributed by atoms with Crippen LogP contribution >= 0.6 is 0 Å². The van der Waals surface area contributed by atoms with E-state index in [1.807, 2.05) is 13.8 Å². The van der Waals surface area contributed by atoms with Crippen LogP contribution in [0.2, 0.25) is 0 Å². The molecule has 0 spiro atoms. The average Bonchev–Trinajstić information content (AvgIpc) is 1.84. The smallest absolute Gasteiger partial charge is 0.183 e. The van der Waals surface area contributed by atoms with Gasteiger partial charge in [-0.2, -0.15) is 0 Å². The minimum atomic E-state index is -1.53. The monoisotopic (exact) mass is 171 g/mol. The van der Waals surface area contributed by atoms with Crippen molar-refractivity contribution in [3.63, 3.8) is 0 Å². The summed E-state index contributed by atoms with van der Waals surface area (Å²) in [4.78, 5) is 10.3. The Labute approximate surface area is 70.6 Å². The van der Waals surface area contributed by atoms with Gasteiger partial charge >= 0.3 is 0 Å². The van der Waals surface area contributed by atoms with Gasteiger partial charge in [-0.05, 0) is 0 Å². The van der Waals surface area contributed by atoms with Crippen LogP contribution in [0.15, 0.2) is 17.4 Å². The maximum atomic E-state index is 10.8. The number of carboxylic acids is 1. The first-order chi connectivity index (χ1) is 5.43. The van der Waals surface area contributed by atoms with E-state index >= 15 is 0 Å². The van der Waals surface area contributed by atoms with Gasteiger partial charge < -0.3 is 15.1 Å². The molecule has 0 atom stereocenters. The predicted molar refractivity (Wildman–Crippen MR) is 39.9 cm³/mol. The zero-order valence-electron chi connectivity index (χ0n) is 7.11. The topological polar surface area (TPSA) is 78.6 Å². The Balaban J connectivity index is 4.16. The van der Waals surface area contributed by atoms with Crippen LogP contribution in [0, 0.1) is 11.1 Å². The highest BCUT2D eigenvalue weighted by molar-refractivity contribution is 5.82. The van der Waals surface area contributed by atoms with Crippen molar-refractivity contribution in [1.82, 2.24) is 0 Å². The van der Waals surface area contributed by atoms with Gasteiger partial charge in [0.15, 0.2) is 6.54 Å². The van der Waals surface area contributed by atoms with Crippen LogP contribution in [0.5, 0.6) is 0 Å². The molecule has 0 aliphatic heterocycles. The Kier molecular flexibility index (Phi) is 3.96. The molecule has 0 aromatic heterocycles. The van der Waals surface area contributed by atoms with Crippen molar-refractivity contribution in [3.8, 4) is 0 Å². The first-order valence-corrected chi connectivity index (χ1v) is 3.50. The van der Waals surface area contributed by atoms with Crippen molar-refractivity contribution in [2.45, 2.75) is 13.8 Å². The summed E-state index contributed by atoms with van der Waals surface area (Å²) >= 11 is 0. The van der Waals surface area contributed by atoms with Crippen molar-refractivity contribution >= 4 is 5.97 Å². The molecule has 0 unspecified atom stereocenters. The lowest BCUT2D eigenvalue weighted by Gasteiger charge is -2.04. The van der Waals surface area contributed by atoms with Gasteiger partial charge in [0.2, 0.25) is 0 Å². The van der Waals surface area contributed by atoms with Crippen LogP contribution in [0.4, 0.5) is 0 Å². The van der Waals surface area contributed by atoms with E-state index in [1.165, 1.54) is 0 Å².